The molecule has 112 valence electrons. The Morgan fingerprint density at radius 3 is 2.45 bits per heavy atom. The standard InChI is InChI=1S/C13H15F4NO2/c1-3-7(2)11(13(15,16)17)18-12(20)9-5-4-8(19)6-10(9)14/h4-7,11,19H,3H2,1-2H3,(H,18,20). The van der Waals surface area contributed by atoms with Gasteiger partial charge < -0.3 is 10.4 Å². The van der Waals surface area contributed by atoms with E-state index in [2.05, 4.69) is 0 Å². The van der Waals surface area contributed by atoms with Crippen molar-refractivity contribution in [1.82, 2.24) is 5.32 Å². The molecular formula is C13H15F4NO2. The molecule has 1 amide bonds. The summed E-state index contributed by atoms with van der Waals surface area (Å²) in [4.78, 5) is 11.7. The van der Waals surface area contributed by atoms with Crippen molar-refractivity contribution in [1.29, 1.82) is 0 Å². The number of hydrogen-bond donors (Lipinski definition) is 2. The van der Waals surface area contributed by atoms with Crippen LogP contribution in [0.25, 0.3) is 0 Å². The van der Waals surface area contributed by atoms with E-state index in [0.29, 0.717) is 6.07 Å². The van der Waals surface area contributed by atoms with E-state index in [-0.39, 0.29) is 6.42 Å². The zero-order valence-corrected chi connectivity index (χ0v) is 11.0. The molecule has 1 rings (SSSR count). The van der Waals surface area contributed by atoms with Crippen molar-refractivity contribution in [2.45, 2.75) is 32.5 Å². The van der Waals surface area contributed by atoms with Gasteiger partial charge in [0.1, 0.15) is 17.6 Å². The molecule has 0 spiro atoms. The number of phenolic OH excluding ortho intramolecular Hbond substituents is 1. The molecule has 7 heteroatoms. The fourth-order valence-corrected chi connectivity index (χ4v) is 1.69. The Morgan fingerprint density at radius 1 is 1.40 bits per heavy atom. The Hall–Kier alpha value is -1.79. The van der Waals surface area contributed by atoms with Gasteiger partial charge in [-0.25, -0.2) is 4.39 Å². The molecule has 20 heavy (non-hydrogen) atoms. The van der Waals surface area contributed by atoms with Gasteiger partial charge >= 0.3 is 6.18 Å². The summed E-state index contributed by atoms with van der Waals surface area (Å²) >= 11 is 0. The molecule has 0 saturated heterocycles. The minimum absolute atomic E-state index is 0.211. The van der Waals surface area contributed by atoms with Gasteiger partial charge in [0.25, 0.3) is 5.91 Å². The van der Waals surface area contributed by atoms with Crippen LogP contribution < -0.4 is 5.32 Å². The maximum Gasteiger partial charge on any atom is 0.408 e. The molecule has 0 saturated carbocycles. The van der Waals surface area contributed by atoms with Crippen LogP contribution in [-0.2, 0) is 0 Å². The molecule has 1 aromatic carbocycles. The predicted molar refractivity (Wildman–Crippen MR) is 64.8 cm³/mol. The summed E-state index contributed by atoms with van der Waals surface area (Å²) in [6, 6.07) is 0.586. The van der Waals surface area contributed by atoms with E-state index in [4.69, 9.17) is 5.11 Å². The smallest absolute Gasteiger partial charge is 0.408 e. The lowest BCUT2D eigenvalue weighted by atomic mass is 9.98. The molecule has 0 radical (unpaired) electrons. The Kier molecular flexibility index (Phi) is 4.97. The average Bonchev–Trinajstić information content (AvgIpc) is 2.33. The van der Waals surface area contributed by atoms with E-state index in [1.54, 1.807) is 12.2 Å². The van der Waals surface area contributed by atoms with E-state index in [1.807, 2.05) is 0 Å². The van der Waals surface area contributed by atoms with Crippen LogP contribution in [0.15, 0.2) is 18.2 Å². The van der Waals surface area contributed by atoms with Crippen LogP contribution >= 0.6 is 0 Å². The summed E-state index contributed by atoms with van der Waals surface area (Å²) in [6.45, 7) is 2.92. The van der Waals surface area contributed by atoms with Crippen molar-refractivity contribution in [2.75, 3.05) is 0 Å². The minimum Gasteiger partial charge on any atom is -0.508 e. The first kappa shape index (κ1) is 16.3. The third-order valence-electron chi connectivity index (χ3n) is 3.05. The number of benzene rings is 1. The second kappa shape index (κ2) is 6.11. The number of nitrogens with one attached hydrogen (secondary N) is 1. The van der Waals surface area contributed by atoms with Crippen LogP contribution in [0.1, 0.15) is 30.6 Å². The third-order valence-corrected chi connectivity index (χ3v) is 3.05. The minimum atomic E-state index is -4.61. The molecule has 0 fully saturated rings. The summed E-state index contributed by atoms with van der Waals surface area (Å²) in [5, 5.41) is 10.8. The fraction of sp³-hybridized carbons (Fsp3) is 0.462. The first-order chi connectivity index (χ1) is 9.16. The average molecular weight is 293 g/mol. The SMILES string of the molecule is CCC(C)C(NC(=O)c1ccc(O)cc1F)C(F)(F)F. The van der Waals surface area contributed by atoms with Crippen LogP contribution in [0.4, 0.5) is 17.6 Å². The van der Waals surface area contributed by atoms with Crippen molar-refractivity contribution < 1.29 is 27.5 Å². The second-order valence-electron chi connectivity index (χ2n) is 4.54. The molecule has 2 unspecified atom stereocenters. The van der Waals surface area contributed by atoms with Crippen molar-refractivity contribution in [3.05, 3.63) is 29.6 Å². The molecular weight excluding hydrogens is 278 g/mol. The molecule has 1 aromatic rings. The van der Waals surface area contributed by atoms with Gasteiger partial charge in [0.15, 0.2) is 0 Å². The summed E-state index contributed by atoms with van der Waals surface area (Å²) in [5.74, 6) is -3.48. The van der Waals surface area contributed by atoms with Crippen LogP contribution in [0.2, 0.25) is 0 Å². The largest absolute Gasteiger partial charge is 0.508 e. The van der Waals surface area contributed by atoms with E-state index in [0.717, 1.165) is 12.1 Å². The maximum atomic E-state index is 13.4. The molecule has 2 N–H and O–H groups in total. The summed E-state index contributed by atoms with van der Waals surface area (Å²) in [6.07, 6.45) is -4.40. The van der Waals surface area contributed by atoms with Gasteiger partial charge in [0.05, 0.1) is 5.56 Å². The number of halogens is 4. The fourth-order valence-electron chi connectivity index (χ4n) is 1.69. The highest BCUT2D eigenvalue weighted by molar-refractivity contribution is 5.94. The zero-order chi connectivity index (χ0) is 15.5. The van der Waals surface area contributed by atoms with Crippen molar-refractivity contribution in [3.8, 4) is 5.75 Å². The van der Waals surface area contributed by atoms with Gasteiger partial charge in [0, 0.05) is 6.07 Å². The molecule has 3 nitrogen and oxygen atoms in total. The first-order valence-electron chi connectivity index (χ1n) is 6.03. The van der Waals surface area contributed by atoms with Crippen molar-refractivity contribution in [3.63, 3.8) is 0 Å². The number of carbonyl (C=O) groups excluding carboxylic acids is 1. The van der Waals surface area contributed by atoms with Crippen LogP contribution in [0, 0.1) is 11.7 Å². The Bertz CT molecular complexity index is 488. The zero-order valence-electron chi connectivity index (χ0n) is 11.0. The van der Waals surface area contributed by atoms with E-state index >= 15 is 0 Å². The maximum absolute atomic E-state index is 13.4. The third kappa shape index (κ3) is 3.85. The molecule has 0 aromatic heterocycles. The topological polar surface area (TPSA) is 49.3 Å². The normalized spacial score (nSPS) is 14.7. The summed E-state index contributed by atoms with van der Waals surface area (Å²) < 4.78 is 52.0. The quantitative estimate of drug-likeness (QED) is 0.837. The lowest BCUT2D eigenvalue weighted by molar-refractivity contribution is -0.164. The van der Waals surface area contributed by atoms with Crippen LogP contribution in [0.3, 0.4) is 0 Å². The van der Waals surface area contributed by atoms with E-state index in [9.17, 15) is 22.4 Å². The second-order valence-corrected chi connectivity index (χ2v) is 4.54. The highest BCUT2D eigenvalue weighted by Gasteiger charge is 2.43. The molecule has 0 heterocycles. The molecule has 2 atom stereocenters. The molecule has 0 bridgehead atoms. The van der Waals surface area contributed by atoms with Crippen LogP contribution in [-0.4, -0.2) is 23.2 Å². The van der Waals surface area contributed by atoms with Gasteiger partial charge in [-0.1, -0.05) is 20.3 Å². The highest BCUT2D eigenvalue weighted by Crippen LogP contribution is 2.27. The Morgan fingerprint density at radius 2 is 2.00 bits per heavy atom. The first-order valence-corrected chi connectivity index (χ1v) is 6.03. The Balaban J connectivity index is 2.96. The van der Waals surface area contributed by atoms with Gasteiger partial charge in [-0.2, -0.15) is 13.2 Å². The summed E-state index contributed by atoms with van der Waals surface area (Å²) in [5.41, 5.74) is -0.541. The van der Waals surface area contributed by atoms with Crippen molar-refractivity contribution >= 4 is 5.91 Å². The van der Waals surface area contributed by atoms with Gasteiger partial charge in [0.2, 0.25) is 0 Å². The number of amides is 1. The lowest BCUT2D eigenvalue weighted by Crippen LogP contribution is -2.49. The molecule has 0 aliphatic heterocycles. The van der Waals surface area contributed by atoms with Gasteiger partial charge in [-0.3, -0.25) is 4.79 Å². The molecule has 0 aliphatic carbocycles. The van der Waals surface area contributed by atoms with Gasteiger partial charge in [-0.05, 0) is 18.1 Å². The number of phenols is 1. The number of alkyl halides is 3. The molecule has 0 aliphatic rings. The van der Waals surface area contributed by atoms with E-state index in [1.165, 1.54) is 6.92 Å². The predicted octanol–water partition coefficient (Wildman–Crippen LogP) is 3.24. The lowest BCUT2D eigenvalue weighted by Gasteiger charge is -2.26. The van der Waals surface area contributed by atoms with E-state index < -0.39 is 41.2 Å². The van der Waals surface area contributed by atoms with Gasteiger partial charge in [-0.15, -0.1) is 0 Å². The van der Waals surface area contributed by atoms with Crippen LogP contribution in [0.5, 0.6) is 5.75 Å². The number of aromatic hydroxyl groups is 1. The monoisotopic (exact) mass is 293 g/mol. The number of carbonyl (C=O) groups is 1. The number of rotatable bonds is 4. The highest BCUT2D eigenvalue weighted by atomic mass is 19.4. The Labute approximate surface area is 113 Å². The summed E-state index contributed by atoms with van der Waals surface area (Å²) in [7, 11) is 0. The van der Waals surface area contributed by atoms with Crippen molar-refractivity contribution in [2.24, 2.45) is 5.92 Å². The number of hydrogen-bond acceptors (Lipinski definition) is 2.